The number of carbonyl (C=O) groups is 1. The van der Waals surface area contributed by atoms with Crippen molar-refractivity contribution in [3.63, 3.8) is 0 Å². The summed E-state index contributed by atoms with van der Waals surface area (Å²) in [7, 11) is 0. The fourth-order valence-electron chi connectivity index (χ4n) is 2.69. The van der Waals surface area contributed by atoms with E-state index in [4.69, 9.17) is 0 Å². The van der Waals surface area contributed by atoms with Gasteiger partial charge in [0.2, 0.25) is 5.91 Å². The Morgan fingerprint density at radius 2 is 1.95 bits per heavy atom. The van der Waals surface area contributed by atoms with Crippen molar-refractivity contribution in [3.8, 4) is 0 Å². The van der Waals surface area contributed by atoms with Crippen molar-refractivity contribution in [3.05, 3.63) is 40.9 Å². The SMILES string of the molecule is CC1CNCC1C(=O)Nc1ccc2cc(Br)ccc2c1. The van der Waals surface area contributed by atoms with Crippen molar-refractivity contribution in [2.45, 2.75) is 6.92 Å². The zero-order valence-electron chi connectivity index (χ0n) is 11.3. The summed E-state index contributed by atoms with van der Waals surface area (Å²) in [4.78, 5) is 12.3. The lowest BCUT2D eigenvalue weighted by molar-refractivity contribution is -0.120. The number of nitrogens with one attached hydrogen (secondary N) is 2. The second kappa shape index (κ2) is 5.54. The van der Waals surface area contributed by atoms with Gasteiger partial charge in [-0.2, -0.15) is 0 Å². The fourth-order valence-corrected chi connectivity index (χ4v) is 3.07. The average molecular weight is 333 g/mol. The Balaban J connectivity index is 1.80. The summed E-state index contributed by atoms with van der Waals surface area (Å²) in [6.45, 7) is 3.81. The molecule has 1 saturated heterocycles. The van der Waals surface area contributed by atoms with E-state index in [2.05, 4.69) is 45.6 Å². The number of halogens is 1. The normalized spacial score (nSPS) is 22.1. The highest BCUT2D eigenvalue weighted by Crippen LogP contribution is 2.24. The first kappa shape index (κ1) is 13.6. The largest absolute Gasteiger partial charge is 0.326 e. The quantitative estimate of drug-likeness (QED) is 0.884. The van der Waals surface area contributed by atoms with E-state index in [0.717, 1.165) is 34.0 Å². The molecule has 104 valence electrons. The molecular weight excluding hydrogens is 316 g/mol. The monoisotopic (exact) mass is 332 g/mol. The Morgan fingerprint density at radius 1 is 1.20 bits per heavy atom. The van der Waals surface area contributed by atoms with E-state index in [9.17, 15) is 4.79 Å². The molecule has 2 atom stereocenters. The molecule has 0 saturated carbocycles. The first-order valence-electron chi connectivity index (χ1n) is 6.84. The van der Waals surface area contributed by atoms with Crippen LogP contribution in [0, 0.1) is 11.8 Å². The van der Waals surface area contributed by atoms with Crippen molar-refractivity contribution in [2.24, 2.45) is 11.8 Å². The van der Waals surface area contributed by atoms with Crippen LogP contribution in [0.2, 0.25) is 0 Å². The molecule has 2 unspecified atom stereocenters. The zero-order valence-corrected chi connectivity index (χ0v) is 12.9. The second-order valence-corrected chi connectivity index (χ2v) is 6.35. The van der Waals surface area contributed by atoms with Gasteiger partial charge in [0.15, 0.2) is 0 Å². The number of amides is 1. The Morgan fingerprint density at radius 3 is 2.70 bits per heavy atom. The van der Waals surface area contributed by atoms with Gasteiger partial charge in [0, 0.05) is 16.7 Å². The van der Waals surface area contributed by atoms with Crippen LogP contribution in [0.4, 0.5) is 5.69 Å². The maximum absolute atomic E-state index is 12.3. The summed E-state index contributed by atoms with van der Waals surface area (Å²) in [5, 5.41) is 8.58. The van der Waals surface area contributed by atoms with Gasteiger partial charge in [-0.25, -0.2) is 0 Å². The van der Waals surface area contributed by atoms with Crippen LogP contribution in [-0.4, -0.2) is 19.0 Å². The lowest BCUT2D eigenvalue weighted by Gasteiger charge is -2.14. The molecule has 2 aromatic rings. The molecule has 1 aliphatic rings. The summed E-state index contributed by atoms with van der Waals surface area (Å²) >= 11 is 3.47. The van der Waals surface area contributed by atoms with Gasteiger partial charge in [-0.15, -0.1) is 0 Å². The molecular formula is C16H17BrN2O. The van der Waals surface area contributed by atoms with Crippen molar-refractivity contribution in [1.29, 1.82) is 0 Å². The highest BCUT2D eigenvalue weighted by Gasteiger charge is 2.29. The minimum Gasteiger partial charge on any atom is -0.326 e. The standard InChI is InChI=1S/C16H17BrN2O/c1-10-8-18-9-15(10)16(20)19-14-5-3-11-6-13(17)4-2-12(11)7-14/h2-7,10,15,18H,8-9H2,1H3,(H,19,20). The lowest BCUT2D eigenvalue weighted by Crippen LogP contribution is -2.27. The van der Waals surface area contributed by atoms with Gasteiger partial charge in [-0.05, 0) is 47.5 Å². The van der Waals surface area contributed by atoms with Gasteiger partial charge in [0.1, 0.15) is 0 Å². The van der Waals surface area contributed by atoms with E-state index < -0.39 is 0 Å². The van der Waals surface area contributed by atoms with Crippen LogP contribution in [0.25, 0.3) is 10.8 Å². The molecule has 0 radical (unpaired) electrons. The molecule has 1 fully saturated rings. The van der Waals surface area contributed by atoms with Gasteiger partial charge < -0.3 is 10.6 Å². The molecule has 0 aliphatic carbocycles. The molecule has 2 N–H and O–H groups in total. The van der Waals surface area contributed by atoms with Crippen LogP contribution >= 0.6 is 15.9 Å². The van der Waals surface area contributed by atoms with Gasteiger partial charge in [0.25, 0.3) is 0 Å². The van der Waals surface area contributed by atoms with E-state index >= 15 is 0 Å². The van der Waals surface area contributed by atoms with E-state index in [0.29, 0.717) is 5.92 Å². The van der Waals surface area contributed by atoms with E-state index in [1.807, 2.05) is 24.3 Å². The number of hydrogen-bond acceptors (Lipinski definition) is 2. The van der Waals surface area contributed by atoms with Crippen LogP contribution in [0.5, 0.6) is 0 Å². The number of benzene rings is 2. The van der Waals surface area contributed by atoms with Crippen molar-refractivity contribution < 1.29 is 4.79 Å². The first-order valence-corrected chi connectivity index (χ1v) is 7.64. The summed E-state index contributed by atoms with van der Waals surface area (Å²) < 4.78 is 1.06. The third-order valence-corrected chi connectivity index (χ3v) is 4.42. The van der Waals surface area contributed by atoms with Crippen LogP contribution in [0.3, 0.4) is 0 Å². The Bertz CT molecular complexity index is 656. The third kappa shape index (κ3) is 2.72. The number of hydrogen-bond donors (Lipinski definition) is 2. The molecule has 4 heteroatoms. The molecule has 20 heavy (non-hydrogen) atoms. The van der Waals surface area contributed by atoms with Crippen LogP contribution < -0.4 is 10.6 Å². The number of rotatable bonds is 2. The van der Waals surface area contributed by atoms with Gasteiger partial charge in [-0.1, -0.05) is 35.0 Å². The molecule has 3 rings (SSSR count). The molecule has 0 spiro atoms. The summed E-state index contributed by atoms with van der Waals surface area (Å²) in [5.41, 5.74) is 0.865. The number of fused-ring (bicyclic) bond motifs is 1. The molecule has 3 nitrogen and oxygen atoms in total. The molecule has 0 bridgehead atoms. The highest BCUT2D eigenvalue weighted by molar-refractivity contribution is 9.10. The zero-order chi connectivity index (χ0) is 14.1. The van der Waals surface area contributed by atoms with Gasteiger partial charge >= 0.3 is 0 Å². The average Bonchev–Trinajstić information content (AvgIpc) is 2.85. The Hall–Kier alpha value is -1.39. The minimum absolute atomic E-state index is 0.0654. The highest BCUT2D eigenvalue weighted by atomic mass is 79.9. The minimum atomic E-state index is 0.0654. The topological polar surface area (TPSA) is 41.1 Å². The Labute approximate surface area is 126 Å². The first-order chi connectivity index (χ1) is 9.63. The predicted molar refractivity (Wildman–Crippen MR) is 85.8 cm³/mol. The number of carbonyl (C=O) groups excluding carboxylic acids is 1. The molecule has 0 aromatic heterocycles. The van der Waals surface area contributed by atoms with Crippen molar-refractivity contribution in [1.82, 2.24) is 5.32 Å². The van der Waals surface area contributed by atoms with Crippen molar-refractivity contribution in [2.75, 3.05) is 18.4 Å². The summed E-state index contributed by atoms with van der Waals surface area (Å²) in [6, 6.07) is 12.1. The van der Waals surface area contributed by atoms with E-state index in [-0.39, 0.29) is 11.8 Å². The third-order valence-electron chi connectivity index (χ3n) is 3.92. The summed E-state index contributed by atoms with van der Waals surface area (Å²) in [6.07, 6.45) is 0. The maximum atomic E-state index is 12.3. The van der Waals surface area contributed by atoms with E-state index in [1.165, 1.54) is 0 Å². The Kier molecular flexibility index (Phi) is 3.76. The molecule has 2 aromatic carbocycles. The van der Waals surface area contributed by atoms with Crippen LogP contribution in [-0.2, 0) is 4.79 Å². The van der Waals surface area contributed by atoms with Crippen LogP contribution in [0.1, 0.15) is 6.92 Å². The van der Waals surface area contributed by atoms with Gasteiger partial charge in [-0.3, -0.25) is 4.79 Å². The lowest BCUT2D eigenvalue weighted by atomic mass is 9.97. The van der Waals surface area contributed by atoms with Crippen molar-refractivity contribution >= 4 is 38.3 Å². The number of anilines is 1. The molecule has 1 aliphatic heterocycles. The smallest absolute Gasteiger partial charge is 0.229 e. The fraction of sp³-hybridized carbons (Fsp3) is 0.312. The maximum Gasteiger partial charge on any atom is 0.229 e. The summed E-state index contributed by atoms with van der Waals surface area (Å²) in [5.74, 6) is 0.570. The molecule has 1 amide bonds. The van der Waals surface area contributed by atoms with Gasteiger partial charge in [0.05, 0.1) is 5.92 Å². The van der Waals surface area contributed by atoms with Crippen LogP contribution in [0.15, 0.2) is 40.9 Å². The molecule has 1 heterocycles. The predicted octanol–water partition coefficient (Wildman–Crippen LogP) is 3.40. The van der Waals surface area contributed by atoms with E-state index in [1.54, 1.807) is 0 Å². The second-order valence-electron chi connectivity index (χ2n) is 5.44.